The molecule has 2 aromatic heterocycles. The Morgan fingerprint density at radius 2 is 1.81 bits per heavy atom. The number of anilines is 3. The van der Waals surface area contributed by atoms with Gasteiger partial charge in [-0.05, 0) is 36.1 Å². The molecule has 1 fully saturated rings. The molecular weight excluding hydrogens is 388 g/mol. The Bertz CT molecular complexity index is 1170. The van der Waals surface area contributed by atoms with Crippen LogP contribution in [-0.2, 0) is 0 Å². The number of hydrogen-bond acceptors (Lipinski definition) is 6. The molecule has 31 heavy (non-hydrogen) atoms. The summed E-state index contributed by atoms with van der Waals surface area (Å²) >= 11 is 0. The van der Waals surface area contributed by atoms with Crippen molar-refractivity contribution in [1.29, 1.82) is 0 Å². The monoisotopic (exact) mass is 414 g/mol. The number of hydrogen-bond donors (Lipinski definition) is 3. The molecule has 0 spiro atoms. The molecule has 2 aromatic carbocycles. The summed E-state index contributed by atoms with van der Waals surface area (Å²) in [6.07, 6.45) is 7.81. The van der Waals surface area contributed by atoms with Crippen molar-refractivity contribution < 1.29 is 4.74 Å². The van der Waals surface area contributed by atoms with E-state index in [4.69, 9.17) is 9.72 Å². The molecule has 158 valence electrons. The SMILES string of the molecule is COc1cc(-c2ccccc2)ccc1Nc1nc(NC2CCCCC2)c2[nH]cnc2n1. The van der Waals surface area contributed by atoms with E-state index in [1.165, 1.54) is 19.3 Å². The molecule has 0 atom stereocenters. The van der Waals surface area contributed by atoms with E-state index >= 15 is 0 Å². The van der Waals surface area contributed by atoms with Gasteiger partial charge in [0.2, 0.25) is 5.95 Å². The van der Waals surface area contributed by atoms with Crippen molar-refractivity contribution in [1.82, 2.24) is 19.9 Å². The van der Waals surface area contributed by atoms with E-state index in [-0.39, 0.29) is 0 Å². The average molecular weight is 415 g/mol. The van der Waals surface area contributed by atoms with E-state index < -0.39 is 0 Å². The zero-order chi connectivity index (χ0) is 21.0. The molecule has 1 aliphatic carbocycles. The molecule has 0 aliphatic heterocycles. The van der Waals surface area contributed by atoms with Crippen molar-refractivity contribution in [2.75, 3.05) is 17.7 Å². The second-order valence-electron chi connectivity index (χ2n) is 7.88. The molecule has 5 rings (SSSR count). The molecule has 0 unspecified atom stereocenters. The van der Waals surface area contributed by atoms with Gasteiger partial charge in [0.1, 0.15) is 11.3 Å². The second kappa shape index (κ2) is 8.63. The van der Waals surface area contributed by atoms with E-state index in [2.05, 4.69) is 43.8 Å². The molecule has 2 heterocycles. The lowest BCUT2D eigenvalue weighted by Crippen LogP contribution is -2.23. The summed E-state index contributed by atoms with van der Waals surface area (Å²) in [5, 5.41) is 6.92. The maximum Gasteiger partial charge on any atom is 0.231 e. The lowest BCUT2D eigenvalue weighted by Gasteiger charge is -2.23. The first-order valence-corrected chi connectivity index (χ1v) is 10.8. The Balaban J connectivity index is 1.44. The number of H-pyrrole nitrogens is 1. The molecule has 0 amide bonds. The Morgan fingerprint density at radius 1 is 0.968 bits per heavy atom. The molecule has 0 bridgehead atoms. The van der Waals surface area contributed by atoms with Crippen molar-refractivity contribution in [3.8, 4) is 16.9 Å². The predicted octanol–water partition coefficient (Wildman–Crippen LogP) is 5.52. The number of aromatic amines is 1. The highest BCUT2D eigenvalue weighted by Crippen LogP contribution is 2.33. The van der Waals surface area contributed by atoms with E-state index in [0.29, 0.717) is 17.6 Å². The number of nitrogens with zero attached hydrogens (tertiary/aromatic N) is 3. The van der Waals surface area contributed by atoms with Gasteiger partial charge in [-0.25, -0.2) is 4.98 Å². The van der Waals surface area contributed by atoms with Gasteiger partial charge in [0.25, 0.3) is 0 Å². The third-order valence-electron chi connectivity index (χ3n) is 5.79. The third-order valence-corrected chi connectivity index (χ3v) is 5.79. The van der Waals surface area contributed by atoms with Crippen LogP contribution in [0.1, 0.15) is 32.1 Å². The number of rotatable bonds is 6. The van der Waals surface area contributed by atoms with Crippen molar-refractivity contribution in [3.63, 3.8) is 0 Å². The highest BCUT2D eigenvalue weighted by Gasteiger charge is 2.18. The molecule has 0 radical (unpaired) electrons. The fourth-order valence-electron chi connectivity index (χ4n) is 4.16. The highest BCUT2D eigenvalue weighted by atomic mass is 16.5. The van der Waals surface area contributed by atoms with E-state index in [1.54, 1.807) is 13.4 Å². The molecule has 4 aromatic rings. The molecule has 1 saturated carbocycles. The van der Waals surface area contributed by atoms with Crippen LogP contribution in [0.25, 0.3) is 22.3 Å². The summed E-state index contributed by atoms with van der Waals surface area (Å²) in [6.45, 7) is 0. The fraction of sp³-hybridized carbons (Fsp3) is 0.292. The minimum atomic E-state index is 0.433. The van der Waals surface area contributed by atoms with Crippen molar-refractivity contribution in [2.24, 2.45) is 0 Å². The Morgan fingerprint density at radius 3 is 2.61 bits per heavy atom. The van der Waals surface area contributed by atoms with Gasteiger partial charge in [-0.1, -0.05) is 55.7 Å². The topological polar surface area (TPSA) is 87.8 Å². The van der Waals surface area contributed by atoms with Gasteiger partial charge in [-0.15, -0.1) is 0 Å². The minimum Gasteiger partial charge on any atom is -0.495 e. The Labute approximate surface area is 181 Å². The predicted molar refractivity (Wildman–Crippen MR) is 124 cm³/mol. The van der Waals surface area contributed by atoms with Gasteiger partial charge in [-0.2, -0.15) is 9.97 Å². The van der Waals surface area contributed by atoms with Gasteiger partial charge >= 0.3 is 0 Å². The molecule has 7 nitrogen and oxygen atoms in total. The highest BCUT2D eigenvalue weighted by molar-refractivity contribution is 5.84. The first-order valence-electron chi connectivity index (χ1n) is 10.8. The number of fused-ring (bicyclic) bond motifs is 1. The van der Waals surface area contributed by atoms with Gasteiger partial charge < -0.3 is 20.4 Å². The van der Waals surface area contributed by atoms with E-state index in [0.717, 1.165) is 46.7 Å². The number of benzene rings is 2. The van der Waals surface area contributed by atoms with Crippen LogP contribution in [-0.4, -0.2) is 33.1 Å². The smallest absolute Gasteiger partial charge is 0.231 e. The van der Waals surface area contributed by atoms with Crippen molar-refractivity contribution >= 4 is 28.6 Å². The minimum absolute atomic E-state index is 0.433. The van der Waals surface area contributed by atoms with Crippen LogP contribution in [0.5, 0.6) is 5.75 Å². The zero-order valence-electron chi connectivity index (χ0n) is 17.6. The standard InChI is InChI=1S/C24H26N6O/c1-31-20-14-17(16-8-4-2-5-9-16)12-13-19(20)28-24-29-22-21(25-15-26-22)23(30-24)27-18-10-6-3-7-11-18/h2,4-5,8-9,12-15,18H,3,6-7,10-11H2,1H3,(H3,25,26,27,28,29,30). The Hall–Kier alpha value is -3.61. The third kappa shape index (κ3) is 4.17. The van der Waals surface area contributed by atoms with Gasteiger partial charge in [0.05, 0.1) is 19.1 Å². The quantitative estimate of drug-likeness (QED) is 0.385. The first kappa shape index (κ1) is 19.4. The zero-order valence-corrected chi connectivity index (χ0v) is 17.6. The summed E-state index contributed by atoms with van der Waals surface area (Å²) in [5.41, 5.74) is 4.51. The van der Waals surface area contributed by atoms with Crippen LogP contribution in [0.2, 0.25) is 0 Å². The van der Waals surface area contributed by atoms with Crippen LogP contribution in [0.15, 0.2) is 54.9 Å². The largest absolute Gasteiger partial charge is 0.495 e. The summed E-state index contributed by atoms with van der Waals surface area (Å²) in [4.78, 5) is 16.9. The van der Waals surface area contributed by atoms with E-state index in [1.807, 2.05) is 30.3 Å². The molecule has 1 aliphatic rings. The number of aromatic nitrogens is 4. The maximum atomic E-state index is 5.65. The molecule has 3 N–H and O–H groups in total. The number of methoxy groups -OCH3 is 1. The maximum absolute atomic E-state index is 5.65. The lowest BCUT2D eigenvalue weighted by molar-refractivity contribution is 0.417. The molecular formula is C24H26N6O. The van der Waals surface area contributed by atoms with E-state index in [9.17, 15) is 0 Å². The van der Waals surface area contributed by atoms with Crippen LogP contribution in [0.3, 0.4) is 0 Å². The Kier molecular flexibility index (Phi) is 5.39. The molecule has 0 saturated heterocycles. The summed E-state index contributed by atoms with van der Waals surface area (Å²) in [7, 11) is 1.67. The number of ether oxygens (including phenoxy) is 1. The van der Waals surface area contributed by atoms with Crippen LogP contribution >= 0.6 is 0 Å². The van der Waals surface area contributed by atoms with Crippen LogP contribution in [0, 0.1) is 0 Å². The van der Waals surface area contributed by atoms with Gasteiger partial charge in [0.15, 0.2) is 11.5 Å². The van der Waals surface area contributed by atoms with Crippen molar-refractivity contribution in [2.45, 2.75) is 38.1 Å². The van der Waals surface area contributed by atoms with Crippen LogP contribution in [0.4, 0.5) is 17.5 Å². The lowest BCUT2D eigenvalue weighted by atomic mass is 9.95. The summed E-state index contributed by atoms with van der Waals surface area (Å²) < 4.78 is 5.65. The second-order valence-corrected chi connectivity index (χ2v) is 7.88. The summed E-state index contributed by atoms with van der Waals surface area (Å²) in [6, 6.07) is 16.7. The van der Waals surface area contributed by atoms with Crippen molar-refractivity contribution in [3.05, 3.63) is 54.9 Å². The molecule has 7 heteroatoms. The number of nitrogens with one attached hydrogen (secondary N) is 3. The fourth-order valence-corrected chi connectivity index (χ4v) is 4.16. The normalized spacial score (nSPS) is 14.5. The summed E-state index contributed by atoms with van der Waals surface area (Å²) in [5.74, 6) is 2.01. The van der Waals surface area contributed by atoms with Crippen LogP contribution < -0.4 is 15.4 Å². The van der Waals surface area contributed by atoms with Gasteiger partial charge in [-0.3, -0.25) is 0 Å². The first-order chi connectivity index (χ1) is 15.3. The van der Waals surface area contributed by atoms with Gasteiger partial charge in [0, 0.05) is 6.04 Å². The number of imidazole rings is 1. The average Bonchev–Trinajstić information content (AvgIpc) is 3.30.